The standard InChI is InChI=1S/C11H19NO4/c1-11(2,3)16-10(14)12-7-8(12)5-6-9(13)15-4/h8H,5-7H2,1-4H3. The Morgan fingerprint density at radius 3 is 2.50 bits per heavy atom. The van der Waals surface area contributed by atoms with Crippen molar-refractivity contribution in [1.82, 2.24) is 4.90 Å². The molecule has 0 N–H and O–H groups in total. The first kappa shape index (κ1) is 12.8. The number of ether oxygens (including phenoxy) is 2. The Morgan fingerprint density at radius 2 is 2.00 bits per heavy atom. The number of esters is 1. The fraction of sp³-hybridized carbons (Fsp3) is 0.818. The predicted molar refractivity (Wildman–Crippen MR) is 58.0 cm³/mol. The first-order chi connectivity index (χ1) is 7.33. The minimum absolute atomic E-state index is 0.133. The largest absolute Gasteiger partial charge is 0.469 e. The molecule has 0 aliphatic carbocycles. The van der Waals surface area contributed by atoms with E-state index in [1.165, 1.54) is 7.11 Å². The minimum Gasteiger partial charge on any atom is -0.469 e. The monoisotopic (exact) mass is 229 g/mol. The summed E-state index contributed by atoms with van der Waals surface area (Å²) in [6.07, 6.45) is 0.689. The molecule has 92 valence electrons. The second-order valence-electron chi connectivity index (χ2n) is 4.90. The highest BCUT2D eigenvalue weighted by Crippen LogP contribution is 2.25. The lowest BCUT2D eigenvalue weighted by atomic mass is 10.2. The molecule has 1 amide bonds. The molecule has 5 heteroatoms. The molecule has 5 nitrogen and oxygen atoms in total. The number of rotatable bonds is 3. The summed E-state index contributed by atoms with van der Waals surface area (Å²) in [6.45, 7) is 6.17. The third-order valence-corrected chi connectivity index (χ3v) is 2.25. The van der Waals surface area contributed by atoms with Gasteiger partial charge in [-0.2, -0.15) is 0 Å². The van der Waals surface area contributed by atoms with Gasteiger partial charge in [0.15, 0.2) is 0 Å². The molecule has 1 aliphatic rings. The maximum absolute atomic E-state index is 11.5. The van der Waals surface area contributed by atoms with Crippen LogP contribution in [0.3, 0.4) is 0 Å². The summed E-state index contributed by atoms with van der Waals surface area (Å²) < 4.78 is 9.73. The summed E-state index contributed by atoms with van der Waals surface area (Å²) in [5.74, 6) is -0.240. The highest BCUT2D eigenvalue weighted by Gasteiger charge is 2.40. The van der Waals surface area contributed by atoms with E-state index >= 15 is 0 Å². The molecule has 1 rings (SSSR count). The van der Waals surface area contributed by atoms with Crippen LogP contribution in [0.25, 0.3) is 0 Å². The van der Waals surface area contributed by atoms with Crippen molar-refractivity contribution in [2.24, 2.45) is 0 Å². The van der Waals surface area contributed by atoms with Crippen molar-refractivity contribution in [3.05, 3.63) is 0 Å². The average Bonchev–Trinajstić information content (AvgIpc) is 2.90. The van der Waals surface area contributed by atoms with Crippen LogP contribution >= 0.6 is 0 Å². The zero-order valence-electron chi connectivity index (χ0n) is 10.3. The van der Waals surface area contributed by atoms with Crippen LogP contribution in [0, 0.1) is 0 Å². The van der Waals surface area contributed by atoms with E-state index in [0.29, 0.717) is 19.4 Å². The van der Waals surface area contributed by atoms with Crippen LogP contribution in [0.2, 0.25) is 0 Å². The molecular formula is C11H19NO4. The number of carbonyl (C=O) groups excluding carboxylic acids is 2. The Labute approximate surface area is 95.7 Å². The fourth-order valence-corrected chi connectivity index (χ4v) is 1.36. The average molecular weight is 229 g/mol. The quantitative estimate of drug-likeness (QED) is 0.544. The molecule has 0 aromatic rings. The maximum atomic E-state index is 11.5. The van der Waals surface area contributed by atoms with Crippen molar-refractivity contribution < 1.29 is 19.1 Å². The maximum Gasteiger partial charge on any atom is 0.410 e. The lowest BCUT2D eigenvalue weighted by molar-refractivity contribution is -0.140. The van der Waals surface area contributed by atoms with Gasteiger partial charge in [0.05, 0.1) is 13.2 Å². The molecule has 1 heterocycles. The van der Waals surface area contributed by atoms with Gasteiger partial charge in [-0.25, -0.2) is 4.79 Å². The van der Waals surface area contributed by atoms with Crippen LogP contribution in [-0.2, 0) is 14.3 Å². The lowest BCUT2D eigenvalue weighted by Crippen LogP contribution is -2.28. The third kappa shape index (κ3) is 4.08. The van der Waals surface area contributed by atoms with Gasteiger partial charge in [-0.1, -0.05) is 0 Å². The van der Waals surface area contributed by atoms with Gasteiger partial charge in [0.2, 0.25) is 0 Å². The van der Waals surface area contributed by atoms with Crippen LogP contribution in [0.1, 0.15) is 33.6 Å². The normalized spacial score (nSPS) is 19.2. The molecule has 1 saturated heterocycles. The molecule has 0 radical (unpaired) electrons. The Kier molecular flexibility index (Phi) is 3.78. The number of hydrogen-bond donors (Lipinski definition) is 0. The SMILES string of the molecule is COC(=O)CCC1CN1C(=O)OC(C)(C)C. The molecule has 16 heavy (non-hydrogen) atoms. The zero-order chi connectivity index (χ0) is 12.3. The van der Waals surface area contributed by atoms with E-state index in [9.17, 15) is 9.59 Å². The van der Waals surface area contributed by atoms with Gasteiger partial charge < -0.3 is 14.4 Å². The molecule has 0 saturated carbocycles. The van der Waals surface area contributed by atoms with Gasteiger partial charge in [-0.15, -0.1) is 0 Å². The van der Waals surface area contributed by atoms with Gasteiger partial charge >= 0.3 is 12.1 Å². The Bertz CT molecular complexity index is 282. The van der Waals surface area contributed by atoms with Crippen LogP contribution in [0.15, 0.2) is 0 Å². The highest BCUT2D eigenvalue weighted by atomic mass is 16.6. The molecular weight excluding hydrogens is 210 g/mol. The summed E-state index contributed by atoms with van der Waals surface area (Å²) >= 11 is 0. The number of nitrogens with zero attached hydrogens (tertiary/aromatic N) is 1. The van der Waals surface area contributed by atoms with Gasteiger partial charge in [0, 0.05) is 13.0 Å². The number of hydrogen-bond acceptors (Lipinski definition) is 4. The van der Waals surface area contributed by atoms with Crippen molar-refractivity contribution in [3.8, 4) is 0 Å². The van der Waals surface area contributed by atoms with E-state index in [1.54, 1.807) is 4.90 Å². The van der Waals surface area contributed by atoms with E-state index in [0.717, 1.165) is 0 Å². The summed E-state index contributed by atoms with van der Waals surface area (Å²) in [6, 6.07) is 0.133. The number of carbonyl (C=O) groups is 2. The third-order valence-electron chi connectivity index (χ3n) is 2.25. The van der Waals surface area contributed by atoms with Gasteiger partial charge in [0.1, 0.15) is 5.60 Å². The molecule has 0 bridgehead atoms. The van der Waals surface area contributed by atoms with E-state index in [2.05, 4.69) is 4.74 Å². The van der Waals surface area contributed by atoms with E-state index < -0.39 is 5.60 Å². The second kappa shape index (κ2) is 4.72. The molecule has 1 atom stereocenters. The van der Waals surface area contributed by atoms with Crippen molar-refractivity contribution >= 4 is 12.1 Å². The van der Waals surface area contributed by atoms with Crippen molar-refractivity contribution in [2.45, 2.75) is 45.3 Å². The summed E-state index contributed by atoms with van der Waals surface area (Å²) in [4.78, 5) is 24.0. The first-order valence-corrected chi connectivity index (χ1v) is 5.40. The Balaban J connectivity index is 2.23. The summed E-state index contributed by atoms with van der Waals surface area (Å²) in [5.41, 5.74) is -0.466. The van der Waals surface area contributed by atoms with Crippen LogP contribution < -0.4 is 0 Å². The van der Waals surface area contributed by atoms with E-state index in [-0.39, 0.29) is 18.1 Å². The Hall–Kier alpha value is -1.26. The lowest BCUT2D eigenvalue weighted by Gasteiger charge is -2.19. The van der Waals surface area contributed by atoms with E-state index in [1.807, 2.05) is 20.8 Å². The summed E-state index contributed by atoms with van der Waals surface area (Å²) in [5, 5.41) is 0. The first-order valence-electron chi connectivity index (χ1n) is 5.40. The number of methoxy groups -OCH3 is 1. The van der Waals surface area contributed by atoms with Gasteiger partial charge in [-0.05, 0) is 27.2 Å². The molecule has 1 fully saturated rings. The molecule has 1 aliphatic heterocycles. The topological polar surface area (TPSA) is 55.6 Å². The fourth-order valence-electron chi connectivity index (χ4n) is 1.36. The smallest absolute Gasteiger partial charge is 0.410 e. The van der Waals surface area contributed by atoms with Gasteiger partial charge in [0.25, 0.3) is 0 Å². The molecule has 0 spiro atoms. The predicted octanol–water partition coefficient (Wildman–Crippen LogP) is 1.56. The number of amides is 1. The van der Waals surface area contributed by atoms with Crippen molar-refractivity contribution in [3.63, 3.8) is 0 Å². The molecule has 0 aromatic heterocycles. The summed E-state index contributed by atoms with van der Waals surface area (Å²) in [7, 11) is 1.36. The highest BCUT2D eigenvalue weighted by molar-refractivity contribution is 5.72. The second-order valence-corrected chi connectivity index (χ2v) is 4.90. The molecule has 1 unspecified atom stereocenters. The van der Waals surface area contributed by atoms with E-state index in [4.69, 9.17) is 4.74 Å². The zero-order valence-corrected chi connectivity index (χ0v) is 10.3. The van der Waals surface area contributed by atoms with Crippen LogP contribution in [0.4, 0.5) is 4.79 Å². The minimum atomic E-state index is -0.466. The Morgan fingerprint density at radius 1 is 1.38 bits per heavy atom. The van der Waals surface area contributed by atoms with Gasteiger partial charge in [-0.3, -0.25) is 4.79 Å². The van der Waals surface area contributed by atoms with Crippen LogP contribution in [-0.4, -0.2) is 42.3 Å². The van der Waals surface area contributed by atoms with Crippen LogP contribution in [0.5, 0.6) is 0 Å². The van der Waals surface area contributed by atoms with Crippen molar-refractivity contribution in [1.29, 1.82) is 0 Å². The van der Waals surface area contributed by atoms with Crippen molar-refractivity contribution in [2.75, 3.05) is 13.7 Å². The molecule has 0 aromatic carbocycles.